The van der Waals surface area contributed by atoms with E-state index in [1.807, 2.05) is 6.92 Å². The third-order valence-corrected chi connectivity index (χ3v) is 4.21. The molecule has 0 fully saturated rings. The fourth-order valence-electron chi connectivity index (χ4n) is 2.14. The third-order valence-electron chi connectivity index (χ3n) is 3.29. The molecule has 26 heavy (non-hydrogen) atoms. The largest absolute Gasteiger partial charge is 0.494 e. The molecule has 134 valence electrons. The van der Waals surface area contributed by atoms with Crippen LogP contribution in [0.2, 0.25) is 0 Å². The van der Waals surface area contributed by atoms with Gasteiger partial charge in [-0.1, -0.05) is 11.8 Å². The summed E-state index contributed by atoms with van der Waals surface area (Å²) < 4.78 is 19.8. The molecule has 0 bridgehead atoms. The lowest BCUT2D eigenvalue weighted by Crippen LogP contribution is -2.14. The highest BCUT2D eigenvalue weighted by atomic mass is 32.2. The van der Waals surface area contributed by atoms with E-state index in [4.69, 9.17) is 4.74 Å². The second kappa shape index (κ2) is 8.43. The minimum atomic E-state index is -0.342. The van der Waals surface area contributed by atoms with Crippen LogP contribution in [0.4, 0.5) is 10.1 Å². The van der Waals surface area contributed by atoms with Crippen LogP contribution in [0.5, 0.6) is 5.75 Å². The zero-order valence-corrected chi connectivity index (χ0v) is 14.7. The number of hydrogen-bond donors (Lipinski definition) is 1. The molecular formula is C17H16FN5O2S. The number of hydrogen-bond acceptors (Lipinski definition) is 6. The van der Waals surface area contributed by atoms with Crippen molar-refractivity contribution in [3.05, 3.63) is 54.3 Å². The minimum absolute atomic E-state index is 0.134. The number of carbonyl (C=O) groups excluding carboxylic acids is 1. The van der Waals surface area contributed by atoms with Crippen LogP contribution < -0.4 is 10.1 Å². The zero-order chi connectivity index (χ0) is 18.4. The van der Waals surface area contributed by atoms with Crippen molar-refractivity contribution in [2.45, 2.75) is 12.1 Å². The van der Waals surface area contributed by atoms with Crippen molar-refractivity contribution in [1.29, 1.82) is 0 Å². The fourth-order valence-corrected chi connectivity index (χ4v) is 2.83. The maximum Gasteiger partial charge on any atom is 0.234 e. The van der Waals surface area contributed by atoms with Crippen molar-refractivity contribution < 1.29 is 13.9 Å². The number of nitrogens with one attached hydrogen (secondary N) is 1. The summed E-state index contributed by atoms with van der Waals surface area (Å²) in [4.78, 5) is 12.1. The van der Waals surface area contributed by atoms with Crippen LogP contribution in [-0.2, 0) is 4.79 Å². The van der Waals surface area contributed by atoms with E-state index in [2.05, 4.69) is 20.8 Å². The number of amides is 1. The second-order valence-corrected chi connectivity index (χ2v) is 6.09. The van der Waals surface area contributed by atoms with Crippen LogP contribution in [0.3, 0.4) is 0 Å². The Hall–Kier alpha value is -2.94. The van der Waals surface area contributed by atoms with Crippen molar-refractivity contribution in [2.75, 3.05) is 17.7 Å². The molecule has 1 amide bonds. The summed E-state index contributed by atoms with van der Waals surface area (Å²) in [5, 5.41) is 14.6. The van der Waals surface area contributed by atoms with E-state index in [0.29, 0.717) is 23.1 Å². The van der Waals surface area contributed by atoms with Gasteiger partial charge in [-0.2, -0.15) is 4.68 Å². The maximum absolute atomic E-state index is 13.0. The molecule has 9 heteroatoms. The Morgan fingerprint density at radius 3 is 2.62 bits per heavy atom. The Morgan fingerprint density at radius 1 is 1.19 bits per heavy atom. The SMILES string of the molecule is CCOc1ccc(NC(=O)CSc2nnnn2-c2ccc(F)cc2)cc1. The lowest BCUT2D eigenvalue weighted by Gasteiger charge is -2.07. The number of benzene rings is 2. The molecule has 0 saturated carbocycles. The van der Waals surface area contributed by atoms with Crippen molar-refractivity contribution >= 4 is 23.4 Å². The predicted octanol–water partition coefficient (Wildman–Crippen LogP) is 2.93. The van der Waals surface area contributed by atoms with Crippen LogP contribution in [0.15, 0.2) is 53.7 Å². The first-order chi connectivity index (χ1) is 12.7. The van der Waals surface area contributed by atoms with E-state index in [9.17, 15) is 9.18 Å². The van der Waals surface area contributed by atoms with E-state index < -0.39 is 0 Å². The van der Waals surface area contributed by atoms with Gasteiger partial charge in [0.1, 0.15) is 11.6 Å². The molecule has 3 rings (SSSR count). The molecule has 0 aliphatic heterocycles. The number of halogens is 1. The lowest BCUT2D eigenvalue weighted by molar-refractivity contribution is -0.113. The summed E-state index contributed by atoms with van der Waals surface area (Å²) in [7, 11) is 0. The van der Waals surface area contributed by atoms with Crippen molar-refractivity contribution in [3.63, 3.8) is 0 Å². The summed E-state index contributed by atoms with van der Waals surface area (Å²) in [6.07, 6.45) is 0. The number of aromatic nitrogens is 4. The Balaban J connectivity index is 1.58. The van der Waals surface area contributed by atoms with Gasteiger partial charge < -0.3 is 10.1 Å². The van der Waals surface area contributed by atoms with Gasteiger partial charge in [-0.05, 0) is 65.9 Å². The molecular weight excluding hydrogens is 357 g/mol. The first-order valence-electron chi connectivity index (χ1n) is 7.85. The maximum atomic E-state index is 13.0. The van der Waals surface area contributed by atoms with E-state index in [-0.39, 0.29) is 17.5 Å². The van der Waals surface area contributed by atoms with Gasteiger partial charge in [0, 0.05) is 5.69 Å². The molecule has 1 aromatic heterocycles. The number of carbonyl (C=O) groups is 1. The Morgan fingerprint density at radius 2 is 1.92 bits per heavy atom. The molecule has 0 atom stereocenters. The molecule has 3 aromatic rings. The van der Waals surface area contributed by atoms with Gasteiger partial charge in [-0.3, -0.25) is 4.79 Å². The number of nitrogens with zero attached hydrogens (tertiary/aromatic N) is 4. The Labute approximate surface area is 153 Å². The molecule has 0 aliphatic rings. The number of thioether (sulfide) groups is 1. The summed E-state index contributed by atoms with van der Waals surface area (Å²) in [5.74, 6) is 0.353. The number of tetrazole rings is 1. The molecule has 0 radical (unpaired) electrons. The van der Waals surface area contributed by atoms with Crippen LogP contribution in [0.1, 0.15) is 6.92 Å². The number of ether oxygens (including phenoxy) is 1. The van der Waals surface area contributed by atoms with Gasteiger partial charge in [0.15, 0.2) is 0 Å². The topological polar surface area (TPSA) is 81.9 Å². The fraction of sp³-hybridized carbons (Fsp3) is 0.176. The second-order valence-electron chi connectivity index (χ2n) is 5.14. The van der Waals surface area contributed by atoms with Crippen LogP contribution in [0.25, 0.3) is 5.69 Å². The average Bonchev–Trinajstić information content (AvgIpc) is 3.11. The highest BCUT2D eigenvalue weighted by Gasteiger charge is 2.12. The summed E-state index contributed by atoms with van der Waals surface area (Å²) in [6, 6.07) is 12.9. The van der Waals surface area contributed by atoms with E-state index in [1.165, 1.54) is 28.6 Å². The normalized spacial score (nSPS) is 10.5. The van der Waals surface area contributed by atoms with Gasteiger partial charge in [0.2, 0.25) is 11.1 Å². The molecule has 0 spiro atoms. The van der Waals surface area contributed by atoms with Crippen LogP contribution in [-0.4, -0.2) is 38.5 Å². The van der Waals surface area contributed by atoms with Gasteiger partial charge >= 0.3 is 0 Å². The van der Waals surface area contributed by atoms with E-state index >= 15 is 0 Å². The van der Waals surface area contributed by atoms with Gasteiger partial charge in [0.05, 0.1) is 18.0 Å². The number of rotatable bonds is 7. The summed E-state index contributed by atoms with van der Waals surface area (Å²) in [6.45, 7) is 2.50. The smallest absolute Gasteiger partial charge is 0.234 e. The highest BCUT2D eigenvalue weighted by Crippen LogP contribution is 2.20. The Bertz CT molecular complexity index is 868. The van der Waals surface area contributed by atoms with Crippen LogP contribution >= 0.6 is 11.8 Å². The standard InChI is InChI=1S/C17H16FN5O2S/c1-2-25-15-9-5-13(6-10-15)19-16(24)11-26-17-20-21-22-23(17)14-7-3-12(18)4-8-14/h3-10H,2,11H2,1H3,(H,19,24). The third kappa shape index (κ3) is 4.57. The first kappa shape index (κ1) is 17.9. The molecule has 1 N–H and O–H groups in total. The minimum Gasteiger partial charge on any atom is -0.494 e. The van der Waals surface area contributed by atoms with Gasteiger partial charge in [-0.25, -0.2) is 4.39 Å². The van der Waals surface area contributed by atoms with Gasteiger partial charge in [0.25, 0.3) is 0 Å². The molecule has 2 aromatic carbocycles. The van der Waals surface area contributed by atoms with E-state index in [0.717, 1.165) is 5.75 Å². The molecule has 7 nitrogen and oxygen atoms in total. The van der Waals surface area contributed by atoms with Gasteiger partial charge in [-0.15, -0.1) is 5.10 Å². The summed E-state index contributed by atoms with van der Waals surface area (Å²) in [5.41, 5.74) is 1.29. The zero-order valence-electron chi connectivity index (χ0n) is 13.9. The molecule has 0 saturated heterocycles. The molecule has 0 unspecified atom stereocenters. The lowest BCUT2D eigenvalue weighted by atomic mass is 10.3. The molecule has 0 aliphatic carbocycles. The molecule has 1 heterocycles. The highest BCUT2D eigenvalue weighted by molar-refractivity contribution is 7.99. The predicted molar refractivity (Wildman–Crippen MR) is 96.1 cm³/mol. The van der Waals surface area contributed by atoms with Crippen LogP contribution in [0, 0.1) is 5.82 Å². The van der Waals surface area contributed by atoms with Crippen molar-refractivity contribution in [1.82, 2.24) is 20.2 Å². The number of anilines is 1. The quantitative estimate of drug-likeness (QED) is 0.641. The Kier molecular flexibility index (Phi) is 5.80. The first-order valence-corrected chi connectivity index (χ1v) is 8.84. The van der Waals surface area contributed by atoms with E-state index in [1.54, 1.807) is 36.4 Å². The van der Waals surface area contributed by atoms with Crippen molar-refractivity contribution in [3.8, 4) is 11.4 Å². The average molecular weight is 373 g/mol. The monoisotopic (exact) mass is 373 g/mol. The van der Waals surface area contributed by atoms with Crippen molar-refractivity contribution in [2.24, 2.45) is 0 Å². The summed E-state index contributed by atoms with van der Waals surface area (Å²) >= 11 is 1.19.